The molecule has 2 N–H and O–H groups in total. The Kier molecular flexibility index (Phi) is 2.98. The first-order chi connectivity index (χ1) is 8.70. The van der Waals surface area contributed by atoms with Crippen molar-refractivity contribution in [2.45, 2.75) is 32.1 Å². The van der Waals surface area contributed by atoms with Crippen molar-refractivity contribution in [3.63, 3.8) is 0 Å². The Hall–Kier alpha value is -1.51. The number of hydrogen-bond acceptors (Lipinski definition) is 2. The summed E-state index contributed by atoms with van der Waals surface area (Å²) in [7, 11) is 0. The van der Waals surface area contributed by atoms with Crippen molar-refractivity contribution >= 4 is 11.6 Å². The summed E-state index contributed by atoms with van der Waals surface area (Å²) in [6.45, 7) is 0. The fourth-order valence-corrected chi connectivity index (χ4v) is 3.66. The quantitative estimate of drug-likeness (QED) is 0.859. The van der Waals surface area contributed by atoms with Gasteiger partial charge in [-0.25, -0.2) is 0 Å². The molecule has 2 bridgehead atoms. The van der Waals surface area contributed by atoms with Crippen molar-refractivity contribution in [2.24, 2.45) is 17.8 Å². The zero-order valence-corrected chi connectivity index (χ0v) is 10.4. The second-order valence-electron chi connectivity index (χ2n) is 5.74. The maximum atomic E-state index is 12.0. The lowest BCUT2D eigenvalue weighted by atomic mass is 9.86. The average molecular weight is 245 g/mol. The predicted octanol–water partition coefficient (Wildman–Crippen LogP) is 3.16. The fourth-order valence-electron chi connectivity index (χ4n) is 3.66. The molecule has 3 atom stereocenters. The molecule has 0 spiro atoms. The van der Waals surface area contributed by atoms with E-state index in [1.165, 1.54) is 25.7 Å². The topological polar surface area (TPSA) is 49.3 Å². The van der Waals surface area contributed by atoms with Crippen molar-refractivity contribution in [3.8, 4) is 5.75 Å². The molecule has 3 heteroatoms. The second-order valence-corrected chi connectivity index (χ2v) is 5.74. The number of nitrogens with one attached hydrogen (secondary N) is 1. The third kappa shape index (κ3) is 2.35. The lowest BCUT2D eigenvalue weighted by Gasteiger charge is -2.20. The van der Waals surface area contributed by atoms with Crippen LogP contribution >= 0.6 is 0 Å². The molecule has 2 aliphatic rings. The highest BCUT2D eigenvalue weighted by Gasteiger charge is 2.40. The number of fused-ring (bicyclic) bond motifs is 2. The van der Waals surface area contributed by atoms with Crippen molar-refractivity contribution in [2.75, 3.05) is 5.32 Å². The molecule has 18 heavy (non-hydrogen) atoms. The maximum Gasteiger partial charge on any atom is 0.224 e. The number of phenolic OH excluding ortho intramolecular Hbond substituents is 1. The number of amides is 1. The average Bonchev–Trinajstić information content (AvgIpc) is 2.90. The minimum absolute atomic E-state index is 0.0816. The predicted molar refractivity (Wildman–Crippen MR) is 70.3 cm³/mol. The van der Waals surface area contributed by atoms with Gasteiger partial charge >= 0.3 is 0 Å². The van der Waals surface area contributed by atoms with E-state index in [1.54, 1.807) is 24.3 Å². The molecular weight excluding hydrogens is 226 g/mol. The molecular formula is C15H19NO2. The summed E-state index contributed by atoms with van der Waals surface area (Å²) in [5, 5.41) is 12.2. The van der Waals surface area contributed by atoms with Crippen LogP contribution in [0.25, 0.3) is 0 Å². The van der Waals surface area contributed by atoms with E-state index in [9.17, 15) is 9.90 Å². The minimum Gasteiger partial charge on any atom is -0.508 e. The molecule has 3 unspecified atom stereocenters. The van der Waals surface area contributed by atoms with Crippen LogP contribution in [0.15, 0.2) is 24.3 Å². The van der Waals surface area contributed by atoms with Gasteiger partial charge in [0.05, 0.1) is 0 Å². The molecule has 2 aliphatic carbocycles. The van der Waals surface area contributed by atoms with E-state index >= 15 is 0 Å². The van der Waals surface area contributed by atoms with Crippen LogP contribution in [0, 0.1) is 17.8 Å². The number of carbonyl (C=O) groups excluding carboxylic acids is 1. The summed E-state index contributed by atoms with van der Waals surface area (Å²) >= 11 is 0. The van der Waals surface area contributed by atoms with Crippen LogP contribution in [-0.2, 0) is 4.79 Å². The van der Waals surface area contributed by atoms with Crippen molar-refractivity contribution in [1.29, 1.82) is 0 Å². The van der Waals surface area contributed by atoms with Gasteiger partial charge in [-0.1, -0.05) is 12.5 Å². The van der Waals surface area contributed by atoms with Gasteiger partial charge in [0.25, 0.3) is 0 Å². The van der Waals surface area contributed by atoms with Crippen molar-refractivity contribution < 1.29 is 9.90 Å². The summed E-state index contributed by atoms with van der Waals surface area (Å²) in [6.07, 6.45) is 5.89. The number of anilines is 1. The third-order valence-corrected chi connectivity index (χ3v) is 4.46. The SMILES string of the molecule is O=C(CC1CC2CCC1C2)Nc1cccc(O)c1. The van der Waals surface area contributed by atoms with Crippen molar-refractivity contribution in [3.05, 3.63) is 24.3 Å². The highest BCUT2D eigenvalue weighted by atomic mass is 16.3. The minimum atomic E-state index is 0.0816. The van der Waals surface area contributed by atoms with Gasteiger partial charge < -0.3 is 10.4 Å². The van der Waals surface area contributed by atoms with Gasteiger partial charge in [-0.15, -0.1) is 0 Å². The summed E-state index contributed by atoms with van der Waals surface area (Å²) < 4.78 is 0. The summed E-state index contributed by atoms with van der Waals surface area (Å²) in [5.74, 6) is 2.52. The molecule has 1 aromatic carbocycles. The molecule has 0 saturated heterocycles. The molecule has 3 nitrogen and oxygen atoms in total. The lowest BCUT2D eigenvalue weighted by Crippen LogP contribution is -2.20. The lowest BCUT2D eigenvalue weighted by molar-refractivity contribution is -0.117. The molecule has 96 valence electrons. The van der Waals surface area contributed by atoms with Crippen LogP contribution in [0.3, 0.4) is 0 Å². The first kappa shape index (κ1) is 11.6. The summed E-state index contributed by atoms with van der Waals surface area (Å²) in [5.41, 5.74) is 0.683. The van der Waals surface area contributed by atoms with Crippen LogP contribution in [0.2, 0.25) is 0 Å². The molecule has 1 aromatic rings. The van der Waals surface area contributed by atoms with E-state index in [4.69, 9.17) is 0 Å². The highest BCUT2D eigenvalue weighted by Crippen LogP contribution is 2.49. The monoisotopic (exact) mass is 245 g/mol. The van der Waals surface area contributed by atoms with Crippen LogP contribution in [0.1, 0.15) is 32.1 Å². The normalized spacial score (nSPS) is 29.4. The second kappa shape index (κ2) is 4.63. The molecule has 0 aliphatic heterocycles. The highest BCUT2D eigenvalue weighted by molar-refractivity contribution is 5.91. The van der Waals surface area contributed by atoms with E-state index in [2.05, 4.69) is 5.32 Å². The Morgan fingerprint density at radius 3 is 2.89 bits per heavy atom. The van der Waals surface area contributed by atoms with Gasteiger partial charge in [0.2, 0.25) is 5.91 Å². The Labute approximate surface area is 107 Å². The third-order valence-electron chi connectivity index (χ3n) is 4.46. The molecule has 0 aromatic heterocycles. The molecule has 3 rings (SSSR count). The zero-order valence-electron chi connectivity index (χ0n) is 10.4. The van der Waals surface area contributed by atoms with E-state index in [-0.39, 0.29) is 11.7 Å². The van der Waals surface area contributed by atoms with Crippen LogP contribution in [-0.4, -0.2) is 11.0 Å². The number of carbonyl (C=O) groups is 1. The standard InChI is InChI=1S/C15H19NO2/c17-14-3-1-2-13(9-14)16-15(18)8-12-7-10-4-5-11(12)6-10/h1-3,9-12,17H,4-8H2,(H,16,18). The Morgan fingerprint density at radius 1 is 1.33 bits per heavy atom. The van der Waals surface area contributed by atoms with Gasteiger partial charge in [-0.3, -0.25) is 4.79 Å². The Balaban J connectivity index is 1.56. The molecule has 1 amide bonds. The number of phenols is 1. The van der Waals surface area contributed by atoms with Gasteiger partial charge in [-0.2, -0.15) is 0 Å². The van der Waals surface area contributed by atoms with Crippen LogP contribution in [0.4, 0.5) is 5.69 Å². The maximum absolute atomic E-state index is 12.0. The fraction of sp³-hybridized carbons (Fsp3) is 0.533. The smallest absolute Gasteiger partial charge is 0.224 e. The number of rotatable bonds is 3. The van der Waals surface area contributed by atoms with Gasteiger partial charge in [0.15, 0.2) is 0 Å². The van der Waals surface area contributed by atoms with E-state index in [0.717, 1.165) is 11.8 Å². The van der Waals surface area contributed by atoms with E-state index in [1.807, 2.05) is 0 Å². The first-order valence-electron chi connectivity index (χ1n) is 6.79. The number of aromatic hydroxyl groups is 1. The number of benzene rings is 1. The molecule has 0 heterocycles. The molecule has 2 saturated carbocycles. The van der Waals surface area contributed by atoms with Crippen LogP contribution < -0.4 is 5.32 Å². The van der Waals surface area contributed by atoms with Gasteiger partial charge in [0.1, 0.15) is 5.75 Å². The zero-order chi connectivity index (χ0) is 12.5. The van der Waals surface area contributed by atoms with Gasteiger partial charge in [0, 0.05) is 18.2 Å². The van der Waals surface area contributed by atoms with Gasteiger partial charge in [-0.05, 0) is 49.1 Å². The summed E-state index contributed by atoms with van der Waals surface area (Å²) in [6, 6.07) is 6.73. The summed E-state index contributed by atoms with van der Waals surface area (Å²) in [4.78, 5) is 12.0. The van der Waals surface area contributed by atoms with E-state index in [0.29, 0.717) is 18.0 Å². The molecule has 0 radical (unpaired) electrons. The van der Waals surface area contributed by atoms with Crippen molar-refractivity contribution in [1.82, 2.24) is 0 Å². The van der Waals surface area contributed by atoms with Crippen LogP contribution in [0.5, 0.6) is 5.75 Å². The number of hydrogen-bond donors (Lipinski definition) is 2. The largest absolute Gasteiger partial charge is 0.508 e. The molecule has 2 fully saturated rings. The Morgan fingerprint density at radius 2 is 2.22 bits per heavy atom. The van der Waals surface area contributed by atoms with E-state index < -0.39 is 0 Å². The Bertz CT molecular complexity index is 458. The first-order valence-corrected chi connectivity index (χ1v) is 6.79.